The number of aliphatic hydroxyl groups is 1. The van der Waals surface area contributed by atoms with Gasteiger partial charge in [-0.15, -0.1) is 0 Å². The lowest BCUT2D eigenvalue weighted by Gasteiger charge is -2.31. The summed E-state index contributed by atoms with van der Waals surface area (Å²) in [5.41, 5.74) is 1.80. The van der Waals surface area contributed by atoms with Crippen molar-refractivity contribution in [2.45, 2.75) is 39.0 Å². The third kappa shape index (κ3) is 10.1. The number of rotatable bonds is 10. The number of β-amino-alcohol motifs (C(OH)–C–C–N with tert-alkyl or cyclic N) is 1. The summed E-state index contributed by atoms with van der Waals surface area (Å²) in [7, 11) is 0. The lowest BCUT2D eigenvalue weighted by atomic mass is 10.1. The fourth-order valence-electron chi connectivity index (χ4n) is 5.23. The molecular formula is C35H43N5O8. The molecule has 2 aliphatic rings. The fourth-order valence-corrected chi connectivity index (χ4v) is 5.23. The molecule has 0 bridgehead atoms. The van der Waals surface area contributed by atoms with Crippen molar-refractivity contribution in [2.24, 2.45) is 0 Å². The lowest BCUT2D eigenvalue weighted by molar-refractivity contribution is 0.00941. The fraction of sp³-hybridized carbons (Fsp3) is 0.400. The van der Waals surface area contributed by atoms with Gasteiger partial charge in [0.1, 0.15) is 18.8 Å². The predicted octanol–water partition coefficient (Wildman–Crippen LogP) is 4.78. The van der Waals surface area contributed by atoms with Crippen molar-refractivity contribution in [3.63, 3.8) is 0 Å². The summed E-state index contributed by atoms with van der Waals surface area (Å²) < 4.78 is 22.0. The van der Waals surface area contributed by atoms with Crippen LogP contribution in [-0.4, -0.2) is 97.2 Å². The Labute approximate surface area is 280 Å². The van der Waals surface area contributed by atoms with E-state index in [0.29, 0.717) is 80.2 Å². The van der Waals surface area contributed by atoms with Gasteiger partial charge in [0.25, 0.3) is 5.91 Å². The number of aliphatic hydroxyl groups excluding tert-OH is 1. The van der Waals surface area contributed by atoms with Crippen LogP contribution in [0, 0.1) is 0 Å². The van der Waals surface area contributed by atoms with Gasteiger partial charge >= 0.3 is 12.1 Å². The second-order valence-electron chi connectivity index (χ2n) is 12.6. The zero-order chi connectivity index (χ0) is 34.1. The number of hydrogen-bond donors (Lipinski definition) is 4. The molecule has 0 radical (unpaired) electrons. The lowest BCUT2D eigenvalue weighted by Crippen LogP contribution is -2.46. The molecule has 0 aliphatic carbocycles. The highest BCUT2D eigenvalue weighted by molar-refractivity contribution is 6.06. The number of anilines is 3. The Balaban J connectivity index is 1.25. The number of nitrogens with one attached hydrogen (secondary N) is 3. The van der Waals surface area contributed by atoms with Gasteiger partial charge in [0.05, 0.1) is 30.7 Å². The van der Waals surface area contributed by atoms with E-state index in [-0.39, 0.29) is 19.0 Å². The molecule has 3 aromatic carbocycles. The van der Waals surface area contributed by atoms with E-state index in [0.717, 1.165) is 5.56 Å². The SMILES string of the molecule is CC(C)(C)OC(=O)Nc1ccccc1NC(=O)c1ccc(CN(CC(O)CN2CCOCC2)C(=O)Nc2ccc3c(c2)OCCO3)cc1. The van der Waals surface area contributed by atoms with Crippen LogP contribution in [0.4, 0.5) is 26.7 Å². The topological polar surface area (TPSA) is 151 Å². The van der Waals surface area contributed by atoms with Gasteiger partial charge in [0, 0.05) is 50.0 Å². The van der Waals surface area contributed by atoms with Crippen LogP contribution >= 0.6 is 0 Å². The summed E-state index contributed by atoms with van der Waals surface area (Å²) in [5.74, 6) is 0.785. The first-order valence-corrected chi connectivity index (χ1v) is 16.0. The molecule has 0 saturated carbocycles. The predicted molar refractivity (Wildman–Crippen MR) is 181 cm³/mol. The van der Waals surface area contributed by atoms with Crippen LogP contribution in [0.5, 0.6) is 11.5 Å². The molecule has 13 heteroatoms. The molecule has 4 N–H and O–H groups in total. The van der Waals surface area contributed by atoms with Crippen LogP contribution in [0.25, 0.3) is 0 Å². The second-order valence-corrected chi connectivity index (χ2v) is 12.6. The Hall–Kier alpha value is -4.85. The third-order valence-corrected chi connectivity index (χ3v) is 7.48. The maximum atomic E-state index is 13.6. The van der Waals surface area contributed by atoms with Crippen LogP contribution in [0.2, 0.25) is 0 Å². The molecule has 2 aliphatic heterocycles. The molecule has 0 spiro atoms. The van der Waals surface area contributed by atoms with Gasteiger partial charge in [0.2, 0.25) is 0 Å². The average molecular weight is 662 g/mol. The molecular weight excluding hydrogens is 618 g/mol. The number of fused-ring (bicyclic) bond motifs is 1. The van der Waals surface area contributed by atoms with Gasteiger partial charge in [-0.3, -0.25) is 15.0 Å². The largest absolute Gasteiger partial charge is 0.486 e. The molecule has 13 nitrogen and oxygen atoms in total. The first kappa shape index (κ1) is 34.5. The van der Waals surface area contributed by atoms with Crippen molar-refractivity contribution in [2.75, 3.05) is 68.6 Å². The second kappa shape index (κ2) is 15.8. The maximum Gasteiger partial charge on any atom is 0.412 e. The highest BCUT2D eigenvalue weighted by atomic mass is 16.6. The molecule has 2 heterocycles. The molecule has 0 aromatic heterocycles. The van der Waals surface area contributed by atoms with Gasteiger partial charge in [-0.2, -0.15) is 0 Å². The number of morpholine rings is 1. The van der Waals surface area contributed by atoms with Gasteiger partial charge in [-0.25, -0.2) is 9.59 Å². The maximum absolute atomic E-state index is 13.6. The van der Waals surface area contributed by atoms with Crippen molar-refractivity contribution < 1.29 is 38.4 Å². The summed E-state index contributed by atoms with van der Waals surface area (Å²) in [6.45, 7) is 9.49. The number of para-hydroxylation sites is 2. The molecule has 5 rings (SSSR count). The summed E-state index contributed by atoms with van der Waals surface area (Å²) >= 11 is 0. The van der Waals surface area contributed by atoms with Gasteiger partial charge < -0.3 is 39.6 Å². The number of nitrogens with zero attached hydrogens (tertiary/aromatic N) is 2. The number of amides is 4. The number of benzene rings is 3. The number of hydrogen-bond acceptors (Lipinski definition) is 9. The normalized spacial score (nSPS) is 15.2. The van der Waals surface area contributed by atoms with E-state index < -0.39 is 23.8 Å². The van der Waals surface area contributed by atoms with E-state index in [4.69, 9.17) is 18.9 Å². The van der Waals surface area contributed by atoms with Crippen molar-refractivity contribution in [1.82, 2.24) is 9.80 Å². The summed E-state index contributed by atoms with van der Waals surface area (Å²) in [6, 6.07) is 18.5. The third-order valence-electron chi connectivity index (χ3n) is 7.48. The highest BCUT2D eigenvalue weighted by Crippen LogP contribution is 2.32. The molecule has 1 fully saturated rings. The smallest absolute Gasteiger partial charge is 0.412 e. The van der Waals surface area contributed by atoms with Crippen LogP contribution in [0.15, 0.2) is 66.7 Å². The standard InChI is InChI=1S/C35H43N5O8/c1-35(2,3)48-34(44)38-29-7-5-4-6-28(29)37-32(42)25-10-8-24(9-11-25)21-40(23-27(41)22-39-14-16-45-17-15-39)33(43)36-26-12-13-30-31(20-26)47-19-18-46-30/h4-13,20,27,41H,14-19,21-23H2,1-3H3,(H,36,43)(H,37,42)(H,38,44). The summed E-state index contributed by atoms with van der Waals surface area (Å²) in [5, 5.41) is 19.4. The monoisotopic (exact) mass is 661 g/mol. The summed E-state index contributed by atoms with van der Waals surface area (Å²) in [6.07, 6.45) is -1.43. The van der Waals surface area contributed by atoms with E-state index in [1.54, 1.807) is 87.5 Å². The zero-order valence-electron chi connectivity index (χ0n) is 27.5. The minimum atomic E-state index is -0.798. The molecule has 48 heavy (non-hydrogen) atoms. The Morgan fingerprint density at radius 3 is 2.23 bits per heavy atom. The minimum Gasteiger partial charge on any atom is -0.486 e. The Bertz CT molecular complexity index is 1570. The summed E-state index contributed by atoms with van der Waals surface area (Å²) in [4.78, 5) is 42.7. The first-order valence-electron chi connectivity index (χ1n) is 16.0. The van der Waals surface area contributed by atoms with E-state index in [1.165, 1.54) is 4.90 Å². The Morgan fingerprint density at radius 1 is 0.875 bits per heavy atom. The zero-order valence-corrected chi connectivity index (χ0v) is 27.5. The van der Waals surface area contributed by atoms with Gasteiger partial charge in [-0.05, 0) is 62.7 Å². The molecule has 1 atom stereocenters. The quantitative estimate of drug-likeness (QED) is 0.241. The number of carbonyl (C=O) groups excluding carboxylic acids is 3. The van der Waals surface area contributed by atoms with Crippen LogP contribution in [0.3, 0.4) is 0 Å². The molecule has 1 unspecified atom stereocenters. The van der Waals surface area contributed by atoms with E-state index in [9.17, 15) is 19.5 Å². The van der Waals surface area contributed by atoms with E-state index >= 15 is 0 Å². The number of ether oxygens (including phenoxy) is 4. The van der Waals surface area contributed by atoms with Crippen LogP contribution in [0.1, 0.15) is 36.7 Å². The molecule has 4 amide bonds. The number of urea groups is 1. The van der Waals surface area contributed by atoms with Crippen molar-refractivity contribution in [3.05, 3.63) is 77.9 Å². The van der Waals surface area contributed by atoms with Gasteiger partial charge in [0.15, 0.2) is 11.5 Å². The molecule has 3 aromatic rings. The van der Waals surface area contributed by atoms with E-state index in [1.807, 2.05) is 0 Å². The highest BCUT2D eigenvalue weighted by Gasteiger charge is 2.23. The Morgan fingerprint density at radius 2 is 1.54 bits per heavy atom. The molecule has 1 saturated heterocycles. The first-order chi connectivity index (χ1) is 23.0. The van der Waals surface area contributed by atoms with Crippen molar-refractivity contribution in [1.29, 1.82) is 0 Å². The minimum absolute atomic E-state index is 0.0808. The molecule has 256 valence electrons. The van der Waals surface area contributed by atoms with E-state index in [2.05, 4.69) is 20.9 Å². The Kier molecular flexibility index (Phi) is 11.4. The van der Waals surface area contributed by atoms with Crippen LogP contribution < -0.4 is 25.4 Å². The average Bonchev–Trinajstić information content (AvgIpc) is 3.05. The van der Waals surface area contributed by atoms with Gasteiger partial charge in [-0.1, -0.05) is 24.3 Å². The van der Waals surface area contributed by atoms with Crippen molar-refractivity contribution in [3.8, 4) is 11.5 Å². The van der Waals surface area contributed by atoms with Crippen molar-refractivity contribution >= 4 is 35.1 Å². The number of carbonyl (C=O) groups is 3. The van der Waals surface area contributed by atoms with Crippen LogP contribution in [-0.2, 0) is 16.0 Å².